The largest absolute Gasteiger partial charge is 0.489 e. The molecule has 2 aliphatic rings. The highest BCUT2D eigenvalue weighted by molar-refractivity contribution is 5.84. The Bertz CT molecular complexity index is 1170. The van der Waals surface area contributed by atoms with Crippen molar-refractivity contribution in [2.24, 2.45) is 5.92 Å². The van der Waals surface area contributed by atoms with Gasteiger partial charge in [0.1, 0.15) is 23.6 Å². The van der Waals surface area contributed by atoms with Gasteiger partial charge in [-0.3, -0.25) is 4.79 Å². The molecule has 0 spiro atoms. The van der Waals surface area contributed by atoms with Crippen molar-refractivity contribution in [3.63, 3.8) is 0 Å². The number of aliphatic hydroxyl groups is 1. The molecule has 1 atom stereocenters. The minimum Gasteiger partial charge on any atom is -0.489 e. The Hall–Kier alpha value is -3.36. The molecule has 0 amide bonds. The molecule has 1 saturated heterocycles. The molecule has 0 radical (unpaired) electrons. The van der Waals surface area contributed by atoms with Crippen molar-refractivity contribution < 1.29 is 19.4 Å². The van der Waals surface area contributed by atoms with Crippen LogP contribution >= 0.6 is 0 Å². The van der Waals surface area contributed by atoms with Gasteiger partial charge in [0, 0.05) is 43.2 Å². The van der Waals surface area contributed by atoms with Gasteiger partial charge in [-0.25, -0.2) is 4.52 Å². The number of carbonyl (C=O) groups is 1. The van der Waals surface area contributed by atoms with Gasteiger partial charge in [0.05, 0.1) is 18.4 Å². The van der Waals surface area contributed by atoms with E-state index in [2.05, 4.69) is 35.4 Å². The first-order valence-corrected chi connectivity index (χ1v) is 12.8. The molecule has 0 saturated carbocycles. The lowest BCUT2D eigenvalue weighted by molar-refractivity contribution is 0.112. The Balaban J connectivity index is 0.000000371. The molecular formula is C29H42N4O4. The Morgan fingerprint density at radius 2 is 1.97 bits per heavy atom. The van der Waals surface area contributed by atoms with E-state index < -0.39 is 0 Å². The molecule has 5 rings (SSSR count). The molecule has 1 aromatic carbocycles. The number of aldehydes is 1. The average Bonchev–Trinajstić information content (AvgIpc) is 3.47. The summed E-state index contributed by atoms with van der Waals surface area (Å²) in [5, 5.41) is 11.2. The summed E-state index contributed by atoms with van der Waals surface area (Å²) >= 11 is 0. The normalized spacial score (nSPS) is 16.1. The molecule has 1 N–H and O–H groups in total. The van der Waals surface area contributed by atoms with Crippen LogP contribution in [0.5, 0.6) is 17.2 Å². The molecule has 4 heterocycles. The van der Waals surface area contributed by atoms with Gasteiger partial charge in [0.15, 0.2) is 12.0 Å². The fraction of sp³-hybridized carbons (Fsp3) is 0.448. The van der Waals surface area contributed by atoms with Gasteiger partial charge in [-0.15, -0.1) is 0 Å². The maximum absolute atomic E-state index is 11.2. The molecule has 0 bridgehead atoms. The van der Waals surface area contributed by atoms with E-state index in [0.717, 1.165) is 54.1 Å². The van der Waals surface area contributed by atoms with Gasteiger partial charge in [0.2, 0.25) is 0 Å². The van der Waals surface area contributed by atoms with E-state index in [4.69, 9.17) is 14.6 Å². The molecule has 0 aliphatic carbocycles. The molecular weight excluding hydrogens is 468 g/mol. The number of hydrogen-bond donors (Lipinski definition) is 1. The number of fused-ring (bicyclic) bond motifs is 2. The van der Waals surface area contributed by atoms with E-state index in [1.54, 1.807) is 23.0 Å². The van der Waals surface area contributed by atoms with Crippen LogP contribution in [0.2, 0.25) is 0 Å². The molecule has 2 aliphatic heterocycles. The molecule has 202 valence electrons. The summed E-state index contributed by atoms with van der Waals surface area (Å²) in [5.74, 6) is 3.01. The lowest BCUT2D eigenvalue weighted by atomic mass is 10.2. The summed E-state index contributed by atoms with van der Waals surface area (Å²) in [7, 11) is 3.18. The number of aromatic nitrogens is 2. The number of aryl methyl sites for hydroxylation is 1. The highest BCUT2D eigenvalue weighted by Gasteiger charge is 2.20. The van der Waals surface area contributed by atoms with Crippen LogP contribution in [0.15, 0.2) is 48.9 Å². The van der Waals surface area contributed by atoms with E-state index in [9.17, 15) is 4.79 Å². The quantitative estimate of drug-likeness (QED) is 0.460. The van der Waals surface area contributed by atoms with Crippen molar-refractivity contribution in [2.75, 3.05) is 45.3 Å². The van der Waals surface area contributed by atoms with E-state index in [0.29, 0.717) is 23.7 Å². The minimum atomic E-state index is 0.597. The monoisotopic (exact) mass is 510 g/mol. The van der Waals surface area contributed by atoms with Crippen LogP contribution < -0.4 is 14.4 Å². The SMILES string of the molecule is C=C(C)N1CCOc2cc(Oc3ccnn4cc(C=O)c(C)c34)ccc21.CC.CC1CCN(C)C1.CO. The average molecular weight is 511 g/mol. The molecule has 37 heavy (non-hydrogen) atoms. The maximum atomic E-state index is 11.2. The lowest BCUT2D eigenvalue weighted by Crippen LogP contribution is -2.30. The van der Waals surface area contributed by atoms with Crippen LogP contribution in [-0.2, 0) is 0 Å². The highest BCUT2D eigenvalue weighted by atomic mass is 16.5. The van der Waals surface area contributed by atoms with Gasteiger partial charge in [-0.1, -0.05) is 27.4 Å². The van der Waals surface area contributed by atoms with E-state index in [1.165, 1.54) is 19.5 Å². The second-order valence-corrected chi connectivity index (χ2v) is 8.94. The highest BCUT2D eigenvalue weighted by Crippen LogP contribution is 2.38. The van der Waals surface area contributed by atoms with Crippen molar-refractivity contribution in [3.8, 4) is 17.2 Å². The van der Waals surface area contributed by atoms with E-state index in [1.807, 2.05) is 45.9 Å². The Kier molecular flexibility index (Phi) is 11.6. The van der Waals surface area contributed by atoms with E-state index >= 15 is 0 Å². The number of nitrogens with zero attached hydrogens (tertiary/aromatic N) is 4. The number of likely N-dealkylation sites (tertiary alicyclic amines) is 1. The third kappa shape index (κ3) is 7.33. The summed E-state index contributed by atoms with van der Waals surface area (Å²) in [6, 6.07) is 7.54. The molecule has 1 fully saturated rings. The summed E-state index contributed by atoms with van der Waals surface area (Å²) in [5.41, 5.74) is 4.17. The number of ether oxygens (including phenoxy) is 2. The zero-order valence-electron chi connectivity index (χ0n) is 23.3. The molecule has 8 nitrogen and oxygen atoms in total. The maximum Gasteiger partial charge on any atom is 0.154 e. The van der Waals surface area contributed by atoms with Gasteiger partial charge in [-0.2, -0.15) is 5.10 Å². The fourth-order valence-corrected chi connectivity index (χ4v) is 4.39. The van der Waals surface area contributed by atoms with Crippen molar-refractivity contribution >= 4 is 17.5 Å². The van der Waals surface area contributed by atoms with Crippen molar-refractivity contribution in [2.45, 2.75) is 41.0 Å². The molecule has 2 aromatic heterocycles. The third-order valence-corrected chi connectivity index (χ3v) is 6.17. The standard InChI is InChI=1S/C20H19N3O3.C6H13N.C2H6.CH4O/c1-13(2)22-8-9-25-19-10-16(4-5-17(19)22)26-18-6-7-21-23-11-15(12-24)14(3)20(18)23;1-6-3-4-7(2)5-6;2*1-2/h4-7,10-12H,1,8-9H2,2-3H3;6H,3-5H2,1-2H3;1-2H3;2H,1H3. The number of aliphatic hydroxyl groups excluding tert-OH is 1. The predicted octanol–water partition coefficient (Wildman–Crippen LogP) is 5.57. The summed E-state index contributed by atoms with van der Waals surface area (Å²) in [6.45, 7) is 18.2. The smallest absolute Gasteiger partial charge is 0.154 e. The number of rotatable bonds is 4. The summed E-state index contributed by atoms with van der Waals surface area (Å²) in [4.78, 5) is 15.7. The van der Waals surface area contributed by atoms with Crippen LogP contribution in [0.1, 0.15) is 50.0 Å². The molecule has 1 unspecified atom stereocenters. The second-order valence-electron chi connectivity index (χ2n) is 8.94. The minimum absolute atomic E-state index is 0.597. The first-order valence-electron chi connectivity index (χ1n) is 12.8. The van der Waals surface area contributed by atoms with Gasteiger partial charge >= 0.3 is 0 Å². The predicted molar refractivity (Wildman–Crippen MR) is 150 cm³/mol. The summed E-state index contributed by atoms with van der Waals surface area (Å²) in [6.07, 6.45) is 5.57. The van der Waals surface area contributed by atoms with Crippen LogP contribution in [0.3, 0.4) is 0 Å². The number of hydrogen-bond acceptors (Lipinski definition) is 7. The van der Waals surface area contributed by atoms with Crippen LogP contribution in [0, 0.1) is 12.8 Å². The van der Waals surface area contributed by atoms with Crippen molar-refractivity contribution in [1.82, 2.24) is 14.5 Å². The van der Waals surface area contributed by atoms with Crippen LogP contribution in [0.4, 0.5) is 5.69 Å². The summed E-state index contributed by atoms with van der Waals surface area (Å²) < 4.78 is 13.5. The zero-order chi connectivity index (χ0) is 27.5. The topological polar surface area (TPSA) is 79.5 Å². The number of carbonyl (C=O) groups excluding carboxylic acids is 1. The second kappa shape index (κ2) is 14.4. The Morgan fingerprint density at radius 3 is 2.54 bits per heavy atom. The Labute approximate surface area is 221 Å². The fourth-order valence-electron chi connectivity index (χ4n) is 4.39. The van der Waals surface area contributed by atoms with E-state index in [-0.39, 0.29) is 0 Å². The Morgan fingerprint density at radius 1 is 1.24 bits per heavy atom. The first kappa shape index (κ1) is 29.9. The zero-order valence-corrected chi connectivity index (χ0v) is 23.3. The first-order chi connectivity index (χ1) is 17.9. The van der Waals surface area contributed by atoms with Crippen LogP contribution in [-0.4, -0.2) is 66.3 Å². The number of anilines is 1. The number of allylic oxidation sites excluding steroid dienone is 1. The van der Waals surface area contributed by atoms with Crippen molar-refractivity contribution in [3.05, 3.63) is 60.1 Å². The van der Waals surface area contributed by atoms with Gasteiger partial charge in [0.25, 0.3) is 0 Å². The van der Waals surface area contributed by atoms with Gasteiger partial charge < -0.3 is 24.4 Å². The molecule has 3 aromatic rings. The third-order valence-electron chi connectivity index (χ3n) is 6.17. The number of benzene rings is 1. The van der Waals surface area contributed by atoms with Crippen LogP contribution in [0.25, 0.3) is 5.52 Å². The molecule has 8 heteroatoms. The van der Waals surface area contributed by atoms with Gasteiger partial charge in [-0.05, 0) is 57.5 Å². The van der Waals surface area contributed by atoms with Crippen molar-refractivity contribution in [1.29, 1.82) is 0 Å². The lowest BCUT2D eigenvalue weighted by Gasteiger charge is -2.31.